The van der Waals surface area contributed by atoms with Crippen molar-refractivity contribution in [3.63, 3.8) is 0 Å². The van der Waals surface area contributed by atoms with Crippen LogP contribution in [0.2, 0.25) is 0 Å². The quantitative estimate of drug-likeness (QED) is 0.632. The first-order valence-electron chi connectivity index (χ1n) is 6.59. The van der Waals surface area contributed by atoms with Gasteiger partial charge in [-0.25, -0.2) is 4.57 Å². The highest BCUT2D eigenvalue weighted by molar-refractivity contribution is 5.12. The van der Waals surface area contributed by atoms with Gasteiger partial charge in [0.05, 0.1) is 0 Å². The molecule has 1 nitrogen and oxygen atoms in total. The fourth-order valence-corrected chi connectivity index (χ4v) is 2.59. The number of hydrogen-bond donors (Lipinski definition) is 0. The van der Waals surface area contributed by atoms with Crippen molar-refractivity contribution in [1.29, 1.82) is 0 Å². The topological polar surface area (TPSA) is 3.88 Å². The summed E-state index contributed by atoms with van der Waals surface area (Å²) in [6.07, 6.45) is 11.6. The number of pyridine rings is 1. The molecule has 1 aromatic rings. The molecule has 1 aliphatic carbocycles. The lowest BCUT2D eigenvalue weighted by Gasteiger charge is -2.22. The van der Waals surface area contributed by atoms with Crippen molar-refractivity contribution in [2.45, 2.75) is 64.3 Å². The molecule has 1 fully saturated rings. The third-order valence-electron chi connectivity index (χ3n) is 3.67. The van der Waals surface area contributed by atoms with Gasteiger partial charge in [-0.3, -0.25) is 0 Å². The summed E-state index contributed by atoms with van der Waals surface area (Å²) in [5, 5.41) is 0. The lowest BCUT2D eigenvalue weighted by atomic mass is 9.85. The smallest absolute Gasteiger partial charge is 0.172 e. The van der Waals surface area contributed by atoms with Crippen molar-refractivity contribution in [3.05, 3.63) is 30.1 Å². The zero-order chi connectivity index (χ0) is 11.6. The van der Waals surface area contributed by atoms with Crippen molar-refractivity contribution >= 4 is 0 Å². The first-order valence-corrected chi connectivity index (χ1v) is 6.59. The number of hydrogen-bond acceptors (Lipinski definition) is 0. The van der Waals surface area contributed by atoms with Crippen LogP contribution < -0.4 is 4.57 Å². The van der Waals surface area contributed by atoms with E-state index < -0.39 is 0 Å². The van der Waals surface area contributed by atoms with Crippen LogP contribution in [0.25, 0.3) is 0 Å². The van der Waals surface area contributed by atoms with Gasteiger partial charge < -0.3 is 0 Å². The lowest BCUT2D eigenvalue weighted by molar-refractivity contribution is -0.754. The maximum Gasteiger partial charge on any atom is 0.172 e. The number of nitrogens with zero attached hydrogens (tertiary/aromatic N) is 1. The molecule has 1 aliphatic rings. The highest BCUT2D eigenvalue weighted by atomic mass is 15.0. The van der Waals surface area contributed by atoms with Crippen LogP contribution in [0, 0.1) is 0 Å². The molecule has 0 aliphatic heterocycles. The molecule has 0 bridgehead atoms. The Morgan fingerprint density at radius 3 is 2.44 bits per heavy atom. The molecule has 0 amide bonds. The average molecular weight is 218 g/mol. The van der Waals surface area contributed by atoms with Gasteiger partial charge in [-0.1, -0.05) is 19.3 Å². The highest BCUT2D eigenvalue weighted by Gasteiger charge is 2.23. The minimum Gasteiger partial charge on any atom is -0.200 e. The van der Waals surface area contributed by atoms with Crippen LogP contribution in [-0.4, -0.2) is 0 Å². The molecule has 0 N–H and O–H groups in total. The molecule has 0 radical (unpaired) electrons. The second-order valence-corrected chi connectivity index (χ2v) is 6.05. The van der Waals surface area contributed by atoms with Gasteiger partial charge >= 0.3 is 0 Å². The minimum absolute atomic E-state index is 0.199. The van der Waals surface area contributed by atoms with Gasteiger partial charge in [-0.2, -0.15) is 0 Å². The van der Waals surface area contributed by atoms with E-state index in [4.69, 9.17) is 0 Å². The van der Waals surface area contributed by atoms with Gasteiger partial charge in [0.2, 0.25) is 0 Å². The molecular weight excluding hydrogens is 194 g/mol. The molecule has 1 heteroatoms. The highest BCUT2D eigenvalue weighted by Crippen LogP contribution is 2.31. The van der Waals surface area contributed by atoms with Gasteiger partial charge in [0.1, 0.15) is 0 Å². The van der Waals surface area contributed by atoms with E-state index in [2.05, 4.69) is 49.9 Å². The standard InChI is InChI=1S/C15H24N/c1-15(2,3)16-11-7-10-14(12-16)13-8-5-4-6-9-13/h7,10-13H,4-6,8-9H2,1-3H3/q+1. The predicted molar refractivity (Wildman–Crippen MR) is 67.5 cm³/mol. The lowest BCUT2D eigenvalue weighted by Crippen LogP contribution is -2.49. The van der Waals surface area contributed by atoms with Crippen LogP contribution in [0.15, 0.2) is 24.5 Å². The van der Waals surface area contributed by atoms with E-state index in [1.54, 1.807) is 0 Å². The molecule has 2 rings (SSSR count). The molecule has 0 aromatic carbocycles. The third kappa shape index (κ3) is 2.63. The number of rotatable bonds is 1. The Hall–Kier alpha value is -0.850. The summed E-state index contributed by atoms with van der Waals surface area (Å²) in [6.45, 7) is 6.78. The summed E-state index contributed by atoms with van der Waals surface area (Å²) in [7, 11) is 0. The monoisotopic (exact) mass is 218 g/mol. The van der Waals surface area contributed by atoms with Crippen LogP contribution in [-0.2, 0) is 5.54 Å². The van der Waals surface area contributed by atoms with E-state index in [0.717, 1.165) is 5.92 Å². The fraction of sp³-hybridized carbons (Fsp3) is 0.667. The van der Waals surface area contributed by atoms with Crippen molar-refractivity contribution in [3.8, 4) is 0 Å². The molecule has 88 valence electrons. The van der Waals surface area contributed by atoms with E-state index in [0.29, 0.717) is 0 Å². The van der Waals surface area contributed by atoms with E-state index in [1.165, 1.54) is 37.7 Å². The minimum atomic E-state index is 0.199. The first kappa shape index (κ1) is 11.6. The van der Waals surface area contributed by atoms with E-state index >= 15 is 0 Å². The van der Waals surface area contributed by atoms with Crippen LogP contribution in [0.5, 0.6) is 0 Å². The van der Waals surface area contributed by atoms with Gasteiger partial charge in [-0.05, 0) is 24.8 Å². The van der Waals surface area contributed by atoms with Crippen LogP contribution in [0.1, 0.15) is 64.4 Å². The molecule has 0 atom stereocenters. The van der Waals surface area contributed by atoms with Crippen molar-refractivity contribution in [2.24, 2.45) is 0 Å². The SMILES string of the molecule is CC(C)(C)[n+]1cccc(C2CCCCC2)c1. The fourth-order valence-electron chi connectivity index (χ4n) is 2.59. The molecule has 0 saturated heterocycles. The summed E-state index contributed by atoms with van der Waals surface area (Å²) in [5.74, 6) is 0.809. The molecular formula is C15H24N+. The molecule has 0 unspecified atom stereocenters. The second kappa shape index (κ2) is 4.57. The van der Waals surface area contributed by atoms with Crippen LogP contribution in [0.3, 0.4) is 0 Å². The Bertz CT molecular complexity index is 343. The van der Waals surface area contributed by atoms with Gasteiger partial charge in [0, 0.05) is 32.4 Å². The Labute approximate surface area is 99.5 Å². The average Bonchev–Trinajstić information content (AvgIpc) is 2.29. The molecule has 1 aromatic heterocycles. The van der Waals surface area contributed by atoms with Crippen molar-refractivity contribution in [2.75, 3.05) is 0 Å². The Balaban J connectivity index is 2.21. The largest absolute Gasteiger partial charge is 0.200 e. The van der Waals surface area contributed by atoms with Crippen LogP contribution in [0.4, 0.5) is 0 Å². The van der Waals surface area contributed by atoms with Gasteiger partial charge in [-0.15, -0.1) is 0 Å². The Morgan fingerprint density at radius 2 is 1.81 bits per heavy atom. The van der Waals surface area contributed by atoms with Crippen molar-refractivity contribution < 1.29 is 4.57 Å². The Morgan fingerprint density at radius 1 is 1.12 bits per heavy atom. The zero-order valence-corrected chi connectivity index (χ0v) is 10.9. The molecule has 1 saturated carbocycles. The summed E-state index contributed by atoms with van der Waals surface area (Å²) in [4.78, 5) is 0. The van der Waals surface area contributed by atoms with E-state index in [9.17, 15) is 0 Å². The molecule has 0 spiro atoms. The Kier molecular flexibility index (Phi) is 3.32. The third-order valence-corrected chi connectivity index (χ3v) is 3.67. The van der Waals surface area contributed by atoms with Gasteiger partial charge in [0.15, 0.2) is 17.9 Å². The molecule has 16 heavy (non-hydrogen) atoms. The van der Waals surface area contributed by atoms with E-state index in [-0.39, 0.29) is 5.54 Å². The maximum absolute atomic E-state index is 2.36. The molecule has 1 heterocycles. The summed E-state index contributed by atoms with van der Waals surface area (Å²) >= 11 is 0. The number of aromatic nitrogens is 1. The van der Waals surface area contributed by atoms with Crippen LogP contribution >= 0.6 is 0 Å². The predicted octanol–water partition coefficient (Wildman–Crippen LogP) is 3.78. The van der Waals surface area contributed by atoms with Crippen molar-refractivity contribution in [1.82, 2.24) is 0 Å². The maximum atomic E-state index is 2.36. The second-order valence-electron chi connectivity index (χ2n) is 6.05. The first-order chi connectivity index (χ1) is 7.57. The summed E-state index contributed by atoms with van der Waals surface area (Å²) in [5.41, 5.74) is 1.74. The summed E-state index contributed by atoms with van der Waals surface area (Å²) < 4.78 is 2.34. The normalized spacial score (nSPS) is 18.7. The zero-order valence-electron chi connectivity index (χ0n) is 10.9. The summed E-state index contributed by atoms with van der Waals surface area (Å²) in [6, 6.07) is 4.51. The van der Waals surface area contributed by atoms with E-state index in [1.807, 2.05) is 0 Å². The van der Waals surface area contributed by atoms with Gasteiger partial charge in [0.25, 0.3) is 0 Å².